The second kappa shape index (κ2) is 8.00. The Morgan fingerprint density at radius 1 is 1.33 bits per heavy atom. The molecule has 6 nitrogen and oxygen atoms in total. The summed E-state index contributed by atoms with van der Waals surface area (Å²) in [7, 11) is 1.53. The summed E-state index contributed by atoms with van der Waals surface area (Å²) in [6.07, 6.45) is 6.52. The van der Waals surface area contributed by atoms with Gasteiger partial charge in [-0.1, -0.05) is 18.2 Å². The number of benzene rings is 1. The van der Waals surface area contributed by atoms with Crippen LogP contribution in [0.15, 0.2) is 30.5 Å². The van der Waals surface area contributed by atoms with Crippen LogP contribution in [0.25, 0.3) is 10.9 Å². The summed E-state index contributed by atoms with van der Waals surface area (Å²) in [4.78, 5) is 17.4. The lowest BCUT2D eigenvalue weighted by molar-refractivity contribution is -0.126. The minimum atomic E-state index is -0.0735. The van der Waals surface area contributed by atoms with Crippen LogP contribution in [0.3, 0.4) is 0 Å². The first kappa shape index (κ1) is 18.5. The van der Waals surface area contributed by atoms with Gasteiger partial charge in [0.1, 0.15) is 6.61 Å². The number of methoxy groups -OCH3 is 1. The quantitative estimate of drug-likeness (QED) is 0.819. The number of carbonyl (C=O) groups is 1. The SMILES string of the molecule is COCC(=O)NCC1CCC2(CCN(Cc3c[nH]c4ccccc34)CC2)O1. The van der Waals surface area contributed by atoms with Gasteiger partial charge in [-0.2, -0.15) is 0 Å². The van der Waals surface area contributed by atoms with Crippen LogP contribution >= 0.6 is 0 Å². The average Bonchev–Trinajstić information content (AvgIpc) is 3.27. The number of nitrogens with zero attached hydrogens (tertiary/aromatic N) is 1. The van der Waals surface area contributed by atoms with Crippen LogP contribution < -0.4 is 5.32 Å². The summed E-state index contributed by atoms with van der Waals surface area (Å²) in [6.45, 7) is 3.80. The molecule has 0 aliphatic carbocycles. The van der Waals surface area contributed by atoms with Crippen molar-refractivity contribution in [3.05, 3.63) is 36.0 Å². The lowest BCUT2D eigenvalue weighted by Gasteiger charge is -2.39. The van der Waals surface area contributed by atoms with Crippen LogP contribution in [0.1, 0.15) is 31.2 Å². The number of hydrogen-bond acceptors (Lipinski definition) is 4. The molecule has 6 heteroatoms. The maximum Gasteiger partial charge on any atom is 0.246 e. The van der Waals surface area contributed by atoms with E-state index < -0.39 is 0 Å². The van der Waals surface area contributed by atoms with Crippen molar-refractivity contribution in [2.75, 3.05) is 33.4 Å². The Bertz CT molecular complexity index is 780. The molecule has 1 atom stereocenters. The number of amides is 1. The maximum absolute atomic E-state index is 11.6. The van der Waals surface area contributed by atoms with E-state index >= 15 is 0 Å². The second-order valence-electron chi connectivity index (χ2n) is 7.83. The highest BCUT2D eigenvalue weighted by Crippen LogP contribution is 2.39. The molecule has 1 amide bonds. The average molecular weight is 371 g/mol. The number of fused-ring (bicyclic) bond motifs is 1. The highest BCUT2D eigenvalue weighted by atomic mass is 16.5. The maximum atomic E-state index is 11.6. The Morgan fingerprint density at radius 3 is 2.96 bits per heavy atom. The van der Waals surface area contributed by atoms with Crippen molar-refractivity contribution in [2.24, 2.45) is 0 Å². The third-order valence-corrected chi connectivity index (χ3v) is 5.98. The molecule has 4 rings (SSSR count). The topological polar surface area (TPSA) is 66.6 Å². The fourth-order valence-corrected chi connectivity index (χ4v) is 4.44. The number of piperidine rings is 1. The summed E-state index contributed by atoms with van der Waals surface area (Å²) in [5.41, 5.74) is 2.58. The summed E-state index contributed by atoms with van der Waals surface area (Å²) >= 11 is 0. The molecular formula is C21H29N3O3. The van der Waals surface area contributed by atoms with Gasteiger partial charge >= 0.3 is 0 Å². The van der Waals surface area contributed by atoms with Crippen LogP contribution in [0, 0.1) is 0 Å². The Balaban J connectivity index is 1.27. The van der Waals surface area contributed by atoms with Gasteiger partial charge in [0.05, 0.1) is 11.7 Å². The molecule has 2 aliphatic heterocycles. The molecule has 3 heterocycles. The first-order valence-corrected chi connectivity index (χ1v) is 9.88. The van der Waals surface area contributed by atoms with Crippen LogP contribution in [0.2, 0.25) is 0 Å². The molecule has 1 spiro atoms. The van der Waals surface area contributed by atoms with Crippen molar-refractivity contribution in [1.82, 2.24) is 15.2 Å². The molecule has 0 radical (unpaired) electrons. The number of H-pyrrole nitrogens is 1. The van der Waals surface area contributed by atoms with Crippen LogP contribution in [-0.4, -0.2) is 60.8 Å². The van der Waals surface area contributed by atoms with Crippen molar-refractivity contribution in [1.29, 1.82) is 0 Å². The zero-order chi connectivity index (χ0) is 18.7. The fraction of sp³-hybridized carbons (Fsp3) is 0.571. The Labute approximate surface area is 160 Å². The number of likely N-dealkylation sites (tertiary alicyclic amines) is 1. The molecule has 2 fully saturated rings. The van der Waals surface area contributed by atoms with E-state index in [0.717, 1.165) is 45.3 Å². The highest BCUT2D eigenvalue weighted by Gasteiger charge is 2.42. The predicted molar refractivity (Wildman–Crippen MR) is 105 cm³/mol. The molecule has 1 unspecified atom stereocenters. The minimum absolute atomic E-state index is 0.00731. The van der Waals surface area contributed by atoms with E-state index in [1.165, 1.54) is 23.6 Å². The fourth-order valence-electron chi connectivity index (χ4n) is 4.44. The number of rotatable bonds is 6. The number of para-hydroxylation sites is 1. The third kappa shape index (κ3) is 4.18. The number of hydrogen-bond donors (Lipinski definition) is 2. The number of aromatic amines is 1. The van der Waals surface area contributed by atoms with E-state index in [0.29, 0.717) is 6.54 Å². The van der Waals surface area contributed by atoms with E-state index in [9.17, 15) is 4.79 Å². The molecule has 146 valence electrons. The van der Waals surface area contributed by atoms with E-state index in [1.807, 2.05) is 0 Å². The lowest BCUT2D eigenvalue weighted by atomic mass is 9.88. The first-order valence-electron chi connectivity index (χ1n) is 9.88. The summed E-state index contributed by atoms with van der Waals surface area (Å²) in [6, 6.07) is 8.48. The lowest BCUT2D eigenvalue weighted by Crippen LogP contribution is -2.45. The standard InChI is InChI=1S/C21H29N3O3/c1-26-15-20(25)23-13-17-6-7-21(27-17)8-10-24(11-9-21)14-16-12-22-19-5-3-2-4-18(16)19/h2-5,12,17,22H,6-11,13-15H2,1H3,(H,23,25). The van der Waals surface area contributed by atoms with Gasteiger partial charge in [0.15, 0.2) is 0 Å². The summed E-state index contributed by atoms with van der Waals surface area (Å²) in [5, 5.41) is 4.22. The Hall–Kier alpha value is -1.89. The van der Waals surface area contributed by atoms with Gasteiger partial charge in [0, 0.05) is 50.4 Å². The van der Waals surface area contributed by atoms with Crippen LogP contribution in [0.4, 0.5) is 0 Å². The number of ether oxygens (including phenoxy) is 2. The summed E-state index contributed by atoms with van der Waals surface area (Å²) in [5.74, 6) is -0.0735. The van der Waals surface area contributed by atoms with E-state index in [2.05, 4.69) is 45.7 Å². The van der Waals surface area contributed by atoms with E-state index in [-0.39, 0.29) is 24.2 Å². The largest absolute Gasteiger partial charge is 0.375 e. The summed E-state index contributed by atoms with van der Waals surface area (Å²) < 4.78 is 11.2. The van der Waals surface area contributed by atoms with E-state index in [1.54, 1.807) is 0 Å². The molecular weight excluding hydrogens is 342 g/mol. The molecule has 1 aromatic heterocycles. The number of aromatic nitrogens is 1. The molecule has 2 aliphatic rings. The van der Waals surface area contributed by atoms with Crippen molar-refractivity contribution >= 4 is 16.8 Å². The van der Waals surface area contributed by atoms with Gasteiger partial charge in [-0.15, -0.1) is 0 Å². The van der Waals surface area contributed by atoms with Gasteiger partial charge in [0.2, 0.25) is 5.91 Å². The minimum Gasteiger partial charge on any atom is -0.375 e. The second-order valence-corrected chi connectivity index (χ2v) is 7.83. The third-order valence-electron chi connectivity index (χ3n) is 5.98. The van der Waals surface area contributed by atoms with Gasteiger partial charge in [-0.3, -0.25) is 9.69 Å². The zero-order valence-electron chi connectivity index (χ0n) is 16.0. The van der Waals surface area contributed by atoms with Crippen LogP contribution in [0.5, 0.6) is 0 Å². The zero-order valence-corrected chi connectivity index (χ0v) is 16.0. The van der Waals surface area contributed by atoms with Crippen molar-refractivity contribution in [2.45, 2.75) is 43.9 Å². The molecule has 1 aromatic carbocycles. The predicted octanol–water partition coefficient (Wildman–Crippen LogP) is 2.44. The normalized spacial score (nSPS) is 22.5. The smallest absolute Gasteiger partial charge is 0.246 e. The Kier molecular flexibility index (Phi) is 5.48. The molecule has 27 heavy (non-hydrogen) atoms. The van der Waals surface area contributed by atoms with Crippen molar-refractivity contribution in [3.63, 3.8) is 0 Å². The highest BCUT2D eigenvalue weighted by molar-refractivity contribution is 5.83. The van der Waals surface area contributed by atoms with Gasteiger partial charge < -0.3 is 19.8 Å². The molecule has 2 saturated heterocycles. The van der Waals surface area contributed by atoms with Crippen LogP contribution in [-0.2, 0) is 20.8 Å². The molecule has 0 bridgehead atoms. The van der Waals surface area contributed by atoms with Gasteiger partial charge in [-0.05, 0) is 37.3 Å². The molecule has 0 saturated carbocycles. The van der Waals surface area contributed by atoms with E-state index in [4.69, 9.17) is 9.47 Å². The van der Waals surface area contributed by atoms with Gasteiger partial charge in [0.25, 0.3) is 0 Å². The van der Waals surface area contributed by atoms with Crippen molar-refractivity contribution < 1.29 is 14.3 Å². The molecule has 2 aromatic rings. The molecule has 2 N–H and O–H groups in total. The Morgan fingerprint density at radius 2 is 2.15 bits per heavy atom. The first-order chi connectivity index (χ1) is 13.2. The number of carbonyl (C=O) groups excluding carboxylic acids is 1. The number of nitrogens with one attached hydrogen (secondary N) is 2. The van der Waals surface area contributed by atoms with Crippen molar-refractivity contribution in [3.8, 4) is 0 Å². The monoisotopic (exact) mass is 371 g/mol. The van der Waals surface area contributed by atoms with Gasteiger partial charge in [-0.25, -0.2) is 0 Å².